The summed E-state index contributed by atoms with van der Waals surface area (Å²) >= 11 is 0. The van der Waals surface area contributed by atoms with E-state index in [1.807, 2.05) is 31.2 Å². The first-order valence-electron chi connectivity index (χ1n) is 12.6. The van der Waals surface area contributed by atoms with Crippen molar-refractivity contribution in [2.24, 2.45) is 11.8 Å². The molecular weight excluding hydrogens is 444 g/mol. The van der Waals surface area contributed by atoms with Crippen LogP contribution in [0.4, 0.5) is 4.79 Å². The van der Waals surface area contributed by atoms with E-state index in [1.54, 1.807) is 0 Å². The molecule has 35 heavy (non-hydrogen) atoms. The number of hydrogen-bond donors (Lipinski definition) is 3. The van der Waals surface area contributed by atoms with Gasteiger partial charge in [0.1, 0.15) is 12.6 Å². The Labute approximate surface area is 206 Å². The molecule has 4 rings (SSSR count). The molecule has 3 atom stereocenters. The second-order valence-electron chi connectivity index (χ2n) is 9.55. The van der Waals surface area contributed by atoms with Crippen molar-refractivity contribution in [1.82, 2.24) is 10.6 Å². The van der Waals surface area contributed by atoms with Gasteiger partial charge in [0.2, 0.25) is 5.91 Å². The second-order valence-corrected chi connectivity index (χ2v) is 9.55. The Kier molecular flexibility index (Phi) is 8.06. The molecule has 2 aliphatic rings. The summed E-state index contributed by atoms with van der Waals surface area (Å²) in [7, 11) is 0. The summed E-state index contributed by atoms with van der Waals surface area (Å²) in [5, 5.41) is 15.0. The Morgan fingerprint density at radius 2 is 1.69 bits per heavy atom. The summed E-state index contributed by atoms with van der Waals surface area (Å²) < 4.78 is 5.61. The highest BCUT2D eigenvalue weighted by Gasteiger charge is 2.35. The van der Waals surface area contributed by atoms with Crippen molar-refractivity contribution in [3.05, 3.63) is 59.7 Å². The number of carbonyl (C=O) groups excluding carboxylic acids is 2. The number of alkyl carbamates (subject to hydrolysis) is 1. The molecule has 7 heteroatoms. The van der Waals surface area contributed by atoms with Crippen LogP contribution in [0.1, 0.15) is 62.5 Å². The van der Waals surface area contributed by atoms with Crippen molar-refractivity contribution in [1.29, 1.82) is 0 Å². The van der Waals surface area contributed by atoms with Gasteiger partial charge < -0.3 is 20.5 Å². The van der Waals surface area contributed by atoms with Gasteiger partial charge in [-0.15, -0.1) is 0 Å². The Morgan fingerprint density at radius 3 is 2.31 bits per heavy atom. The molecule has 3 unspecified atom stereocenters. The zero-order valence-corrected chi connectivity index (χ0v) is 20.2. The van der Waals surface area contributed by atoms with E-state index in [4.69, 9.17) is 4.74 Å². The number of aliphatic carboxylic acids is 1. The van der Waals surface area contributed by atoms with Crippen LogP contribution in [0.2, 0.25) is 0 Å². The highest BCUT2D eigenvalue weighted by Crippen LogP contribution is 2.44. The molecule has 3 N–H and O–H groups in total. The number of carboxylic acids is 1. The number of rotatable bonds is 10. The minimum absolute atomic E-state index is 0.00534. The van der Waals surface area contributed by atoms with Crippen LogP contribution in [0.5, 0.6) is 0 Å². The fourth-order valence-corrected chi connectivity index (χ4v) is 5.43. The number of fused-ring (bicyclic) bond motifs is 3. The van der Waals surface area contributed by atoms with E-state index in [2.05, 4.69) is 34.9 Å². The second kappa shape index (κ2) is 11.4. The topological polar surface area (TPSA) is 105 Å². The van der Waals surface area contributed by atoms with E-state index in [1.165, 1.54) is 11.1 Å². The summed E-state index contributed by atoms with van der Waals surface area (Å²) in [6, 6.07) is 15.5. The maximum atomic E-state index is 12.8. The largest absolute Gasteiger partial charge is 0.480 e. The standard InChI is InChI=1S/C28H34N2O5/c1-2-3-15-25(27(32)33)30-26(31)19-14-8-9-18(19)16-29-28(34)35-17-24-22-12-6-4-10-20(22)21-11-5-7-13-23(21)24/h4-7,10-13,18-19,24-25H,2-3,8-9,14-17H2,1H3,(H,29,34)(H,30,31)(H,32,33). The van der Waals surface area contributed by atoms with Crippen LogP contribution >= 0.6 is 0 Å². The van der Waals surface area contributed by atoms with Gasteiger partial charge in [0, 0.05) is 18.4 Å². The first-order valence-corrected chi connectivity index (χ1v) is 12.6. The number of carbonyl (C=O) groups is 3. The van der Waals surface area contributed by atoms with Crippen LogP contribution < -0.4 is 10.6 Å². The molecule has 0 aromatic heterocycles. The molecule has 7 nitrogen and oxygen atoms in total. The minimum atomic E-state index is -1.00. The van der Waals surface area contributed by atoms with Crippen LogP contribution in [0, 0.1) is 11.8 Å². The van der Waals surface area contributed by atoms with E-state index in [0.717, 1.165) is 36.8 Å². The lowest BCUT2D eigenvalue weighted by molar-refractivity contribution is -0.142. The molecule has 2 aliphatic carbocycles. The minimum Gasteiger partial charge on any atom is -0.480 e. The molecule has 0 heterocycles. The molecule has 0 spiro atoms. The summed E-state index contributed by atoms with van der Waals surface area (Å²) in [5.74, 6) is -1.57. The summed E-state index contributed by atoms with van der Waals surface area (Å²) in [4.78, 5) is 36.8. The molecule has 0 radical (unpaired) electrons. The van der Waals surface area contributed by atoms with Crippen LogP contribution in [0.3, 0.4) is 0 Å². The first-order chi connectivity index (χ1) is 17.0. The van der Waals surface area contributed by atoms with E-state index < -0.39 is 18.1 Å². The number of carboxylic acid groups (broad SMARTS) is 1. The van der Waals surface area contributed by atoms with Gasteiger partial charge in [-0.3, -0.25) is 4.79 Å². The summed E-state index contributed by atoms with van der Waals surface area (Å²) in [5.41, 5.74) is 4.67. The van der Waals surface area contributed by atoms with Gasteiger partial charge in [0.15, 0.2) is 0 Å². The molecule has 0 aliphatic heterocycles. The van der Waals surface area contributed by atoms with Gasteiger partial charge in [-0.2, -0.15) is 0 Å². The van der Waals surface area contributed by atoms with Crippen LogP contribution in [0.25, 0.3) is 11.1 Å². The predicted molar refractivity (Wildman–Crippen MR) is 133 cm³/mol. The molecule has 2 aromatic carbocycles. The lowest BCUT2D eigenvalue weighted by Gasteiger charge is -2.22. The molecule has 186 valence electrons. The van der Waals surface area contributed by atoms with Gasteiger partial charge in [-0.25, -0.2) is 9.59 Å². The summed E-state index contributed by atoms with van der Waals surface area (Å²) in [6.07, 6.45) is 3.93. The maximum absolute atomic E-state index is 12.8. The average Bonchev–Trinajstić information content (AvgIpc) is 3.46. The quantitative estimate of drug-likeness (QED) is 0.459. The van der Waals surface area contributed by atoms with Crippen molar-refractivity contribution in [2.45, 2.75) is 57.4 Å². The zero-order chi connectivity index (χ0) is 24.8. The third-order valence-corrected chi connectivity index (χ3v) is 7.31. The van der Waals surface area contributed by atoms with Crippen molar-refractivity contribution in [3.8, 4) is 11.1 Å². The van der Waals surface area contributed by atoms with E-state index in [0.29, 0.717) is 19.4 Å². The molecule has 0 bridgehead atoms. The van der Waals surface area contributed by atoms with E-state index in [9.17, 15) is 19.5 Å². The molecule has 2 amide bonds. The Morgan fingerprint density at radius 1 is 1.03 bits per heavy atom. The fraction of sp³-hybridized carbons (Fsp3) is 0.464. The van der Waals surface area contributed by atoms with E-state index in [-0.39, 0.29) is 30.3 Å². The monoisotopic (exact) mass is 478 g/mol. The van der Waals surface area contributed by atoms with Gasteiger partial charge in [0.25, 0.3) is 0 Å². The average molecular weight is 479 g/mol. The Hall–Kier alpha value is -3.35. The predicted octanol–water partition coefficient (Wildman–Crippen LogP) is 4.70. The maximum Gasteiger partial charge on any atom is 0.407 e. The van der Waals surface area contributed by atoms with Crippen LogP contribution in [0.15, 0.2) is 48.5 Å². The third kappa shape index (κ3) is 5.66. The van der Waals surface area contributed by atoms with E-state index >= 15 is 0 Å². The summed E-state index contributed by atoms with van der Waals surface area (Å²) in [6.45, 7) is 2.57. The normalized spacial score (nSPS) is 19.5. The lowest BCUT2D eigenvalue weighted by atomic mass is 9.94. The third-order valence-electron chi connectivity index (χ3n) is 7.31. The molecule has 2 aromatic rings. The number of hydrogen-bond acceptors (Lipinski definition) is 4. The number of amides is 2. The lowest BCUT2D eigenvalue weighted by Crippen LogP contribution is -2.45. The number of unbranched alkanes of at least 4 members (excludes halogenated alkanes) is 1. The Bertz CT molecular complexity index is 1020. The van der Waals surface area contributed by atoms with Gasteiger partial charge in [0.05, 0.1) is 0 Å². The van der Waals surface area contributed by atoms with Gasteiger partial charge in [-0.05, 0) is 47.4 Å². The smallest absolute Gasteiger partial charge is 0.407 e. The van der Waals surface area contributed by atoms with Crippen molar-refractivity contribution >= 4 is 18.0 Å². The first kappa shape index (κ1) is 24.8. The van der Waals surface area contributed by atoms with Crippen LogP contribution in [-0.2, 0) is 14.3 Å². The zero-order valence-electron chi connectivity index (χ0n) is 20.2. The van der Waals surface area contributed by atoms with Crippen molar-refractivity contribution in [3.63, 3.8) is 0 Å². The molecular formula is C28H34N2O5. The van der Waals surface area contributed by atoms with Gasteiger partial charge in [-0.1, -0.05) is 74.7 Å². The molecule has 1 saturated carbocycles. The van der Waals surface area contributed by atoms with Crippen molar-refractivity contribution in [2.75, 3.05) is 13.2 Å². The molecule has 0 saturated heterocycles. The number of benzene rings is 2. The van der Waals surface area contributed by atoms with Gasteiger partial charge >= 0.3 is 12.1 Å². The highest BCUT2D eigenvalue weighted by molar-refractivity contribution is 5.85. The SMILES string of the molecule is CCCCC(NC(=O)C1CCCC1CNC(=O)OCC1c2ccccc2-c2ccccc21)C(=O)O. The van der Waals surface area contributed by atoms with Crippen molar-refractivity contribution < 1.29 is 24.2 Å². The number of nitrogens with one attached hydrogen (secondary N) is 2. The fourth-order valence-electron chi connectivity index (χ4n) is 5.43. The molecule has 1 fully saturated rings. The van der Waals surface area contributed by atoms with Crippen LogP contribution in [-0.4, -0.2) is 42.3 Å². The Balaban J connectivity index is 1.29. The number of ether oxygens (including phenoxy) is 1. The highest BCUT2D eigenvalue weighted by atomic mass is 16.5.